The van der Waals surface area contributed by atoms with Crippen molar-refractivity contribution in [3.63, 3.8) is 0 Å². The van der Waals surface area contributed by atoms with Gasteiger partial charge in [0.15, 0.2) is 0 Å². The molecule has 0 saturated heterocycles. The van der Waals surface area contributed by atoms with E-state index in [0.29, 0.717) is 11.1 Å². The summed E-state index contributed by atoms with van der Waals surface area (Å²) in [6.45, 7) is 3.17. The van der Waals surface area contributed by atoms with Gasteiger partial charge in [0.2, 0.25) is 5.91 Å². The lowest BCUT2D eigenvalue weighted by molar-refractivity contribution is -0.117. The second-order valence-electron chi connectivity index (χ2n) is 6.56. The van der Waals surface area contributed by atoms with Crippen LogP contribution in [0.4, 0.5) is 11.5 Å². The lowest BCUT2D eigenvalue weighted by Crippen LogP contribution is -2.36. The number of carbonyl (C=O) groups excluding carboxylic acids is 1. The van der Waals surface area contributed by atoms with Gasteiger partial charge in [0, 0.05) is 29.0 Å². The van der Waals surface area contributed by atoms with Gasteiger partial charge in [0.05, 0.1) is 17.9 Å². The molecule has 0 fully saturated rings. The Morgan fingerprint density at radius 1 is 1.15 bits per heavy atom. The Labute approximate surface area is 163 Å². The van der Waals surface area contributed by atoms with Gasteiger partial charge in [-0.05, 0) is 30.7 Å². The van der Waals surface area contributed by atoms with Crippen molar-refractivity contribution in [3.8, 4) is 5.69 Å². The number of benzene rings is 2. The van der Waals surface area contributed by atoms with Crippen LogP contribution in [0, 0.1) is 0 Å². The van der Waals surface area contributed by atoms with Crippen molar-refractivity contribution in [2.45, 2.75) is 23.5 Å². The number of thioether (sulfide) groups is 1. The summed E-state index contributed by atoms with van der Waals surface area (Å²) < 4.78 is 1.80. The Kier molecular flexibility index (Phi) is 5.16. The first-order valence-corrected chi connectivity index (χ1v) is 10.00. The largest absolute Gasteiger partial charge is 0.360 e. The fourth-order valence-corrected chi connectivity index (χ4v) is 4.26. The number of nitrogens with zero attached hydrogens (tertiary/aromatic N) is 3. The van der Waals surface area contributed by atoms with E-state index in [-0.39, 0.29) is 12.5 Å². The second-order valence-corrected chi connectivity index (χ2v) is 8.05. The average molecular weight is 379 g/mol. The van der Waals surface area contributed by atoms with Gasteiger partial charge >= 0.3 is 0 Å². The van der Waals surface area contributed by atoms with E-state index >= 15 is 0 Å². The van der Waals surface area contributed by atoms with Crippen molar-refractivity contribution in [1.82, 2.24) is 9.78 Å². The molecular weight excluding hydrogens is 356 g/mol. The quantitative estimate of drug-likeness (QED) is 0.739. The Morgan fingerprint density at radius 2 is 1.93 bits per heavy atom. The van der Waals surface area contributed by atoms with Crippen molar-refractivity contribution < 1.29 is 4.79 Å². The molecule has 2 aromatic carbocycles. The fraction of sp³-hybridized carbons (Fsp3) is 0.238. The molecule has 0 saturated carbocycles. The summed E-state index contributed by atoms with van der Waals surface area (Å²) in [6, 6.07) is 19.9. The van der Waals surface area contributed by atoms with Gasteiger partial charge < -0.3 is 10.2 Å². The van der Waals surface area contributed by atoms with Crippen molar-refractivity contribution in [2.75, 3.05) is 23.3 Å². The molecule has 1 aliphatic heterocycles. The molecule has 138 valence electrons. The van der Waals surface area contributed by atoms with Crippen molar-refractivity contribution >= 4 is 29.2 Å². The Bertz CT molecular complexity index is 925. The average Bonchev–Trinajstić information content (AvgIpc) is 3.10. The topological polar surface area (TPSA) is 50.2 Å². The SMILES string of the molecule is CC1CCN(C(=O)CNc2ccn(-c3ccccc3)n2)c2ccccc2S1. The molecule has 1 aliphatic rings. The zero-order valence-electron chi connectivity index (χ0n) is 15.2. The van der Waals surface area contributed by atoms with E-state index in [1.165, 1.54) is 4.90 Å². The third-order valence-electron chi connectivity index (χ3n) is 4.58. The summed E-state index contributed by atoms with van der Waals surface area (Å²) in [5.41, 5.74) is 2.00. The van der Waals surface area contributed by atoms with Crippen LogP contribution in [-0.2, 0) is 4.79 Å². The Morgan fingerprint density at radius 3 is 2.78 bits per heavy atom. The van der Waals surface area contributed by atoms with Crippen LogP contribution >= 0.6 is 11.8 Å². The number of carbonyl (C=O) groups is 1. The van der Waals surface area contributed by atoms with Crippen LogP contribution in [-0.4, -0.2) is 34.0 Å². The van der Waals surface area contributed by atoms with Crippen molar-refractivity contribution in [3.05, 3.63) is 66.9 Å². The minimum atomic E-state index is 0.0615. The van der Waals surface area contributed by atoms with E-state index in [9.17, 15) is 4.79 Å². The molecule has 5 nitrogen and oxygen atoms in total. The summed E-state index contributed by atoms with van der Waals surface area (Å²) >= 11 is 1.84. The monoisotopic (exact) mass is 378 g/mol. The predicted molar refractivity (Wildman–Crippen MR) is 111 cm³/mol. The summed E-state index contributed by atoms with van der Waals surface area (Å²) in [6.07, 6.45) is 2.87. The molecule has 1 aromatic heterocycles. The maximum atomic E-state index is 12.9. The number of hydrogen-bond donors (Lipinski definition) is 1. The van der Waals surface area contributed by atoms with E-state index in [2.05, 4.69) is 23.4 Å². The summed E-state index contributed by atoms with van der Waals surface area (Å²) in [5.74, 6) is 0.754. The summed E-state index contributed by atoms with van der Waals surface area (Å²) in [7, 11) is 0. The van der Waals surface area contributed by atoms with Crippen molar-refractivity contribution in [2.24, 2.45) is 0 Å². The molecule has 4 rings (SSSR count). The Hall–Kier alpha value is -2.73. The third kappa shape index (κ3) is 4.01. The zero-order chi connectivity index (χ0) is 18.6. The predicted octanol–water partition coefficient (Wildman–Crippen LogP) is 4.20. The minimum absolute atomic E-state index is 0.0615. The highest BCUT2D eigenvalue weighted by molar-refractivity contribution is 8.00. The minimum Gasteiger partial charge on any atom is -0.360 e. The zero-order valence-corrected chi connectivity index (χ0v) is 16.0. The first-order chi connectivity index (χ1) is 13.2. The molecule has 6 heteroatoms. The van der Waals surface area contributed by atoms with Crippen LogP contribution in [0.25, 0.3) is 5.69 Å². The number of amides is 1. The highest BCUT2D eigenvalue weighted by atomic mass is 32.2. The molecule has 1 unspecified atom stereocenters. The summed E-state index contributed by atoms with van der Waals surface area (Å²) in [4.78, 5) is 16.0. The highest BCUT2D eigenvalue weighted by Crippen LogP contribution is 2.37. The van der Waals surface area contributed by atoms with Crippen LogP contribution in [0.2, 0.25) is 0 Å². The van der Waals surface area contributed by atoms with Gasteiger partial charge in [-0.1, -0.05) is 37.3 Å². The van der Waals surface area contributed by atoms with Gasteiger partial charge in [-0.15, -0.1) is 11.8 Å². The van der Waals surface area contributed by atoms with Crippen molar-refractivity contribution in [1.29, 1.82) is 0 Å². The first kappa shape index (κ1) is 17.7. The molecule has 1 N–H and O–H groups in total. The van der Waals surface area contributed by atoms with E-state index in [1.807, 2.05) is 77.5 Å². The van der Waals surface area contributed by atoms with Gasteiger partial charge in [0.1, 0.15) is 5.82 Å². The van der Waals surface area contributed by atoms with Gasteiger partial charge in [0.25, 0.3) is 0 Å². The number of fused-ring (bicyclic) bond motifs is 1. The van der Waals surface area contributed by atoms with Crippen LogP contribution in [0.5, 0.6) is 0 Å². The molecule has 0 radical (unpaired) electrons. The normalized spacial score (nSPS) is 16.5. The van der Waals surface area contributed by atoms with E-state index in [4.69, 9.17) is 0 Å². The molecule has 2 heterocycles. The molecule has 3 aromatic rings. The van der Waals surface area contributed by atoms with E-state index in [1.54, 1.807) is 4.68 Å². The molecule has 1 atom stereocenters. The highest BCUT2D eigenvalue weighted by Gasteiger charge is 2.23. The Balaban J connectivity index is 1.45. The number of nitrogens with one attached hydrogen (secondary N) is 1. The van der Waals surface area contributed by atoms with Gasteiger partial charge in [-0.25, -0.2) is 4.68 Å². The molecule has 27 heavy (non-hydrogen) atoms. The lowest BCUT2D eigenvalue weighted by Gasteiger charge is -2.22. The van der Waals surface area contributed by atoms with Crippen LogP contribution in [0.1, 0.15) is 13.3 Å². The van der Waals surface area contributed by atoms with Crippen LogP contribution in [0.3, 0.4) is 0 Å². The van der Waals surface area contributed by atoms with Gasteiger partial charge in [-0.3, -0.25) is 4.79 Å². The molecular formula is C21H22N4OS. The number of para-hydroxylation sites is 2. The van der Waals surface area contributed by atoms with Crippen LogP contribution in [0.15, 0.2) is 71.8 Å². The third-order valence-corrected chi connectivity index (χ3v) is 5.81. The molecule has 0 bridgehead atoms. The fourth-order valence-electron chi connectivity index (χ4n) is 3.15. The number of hydrogen-bond acceptors (Lipinski definition) is 4. The maximum Gasteiger partial charge on any atom is 0.246 e. The lowest BCUT2D eigenvalue weighted by atomic mass is 10.2. The maximum absolute atomic E-state index is 12.9. The van der Waals surface area contributed by atoms with E-state index < -0.39 is 0 Å². The molecule has 0 aliphatic carbocycles. The van der Waals surface area contributed by atoms with E-state index in [0.717, 1.165) is 24.3 Å². The first-order valence-electron chi connectivity index (χ1n) is 9.12. The van der Waals surface area contributed by atoms with Gasteiger partial charge in [-0.2, -0.15) is 5.10 Å². The molecule has 0 spiro atoms. The smallest absolute Gasteiger partial charge is 0.246 e. The van der Waals surface area contributed by atoms with Crippen LogP contribution < -0.4 is 10.2 Å². The second kappa shape index (κ2) is 7.88. The number of anilines is 2. The standard InChI is InChI=1S/C21H22N4OS/c1-16-11-13-24(18-9-5-6-10-19(18)27-16)21(26)15-22-20-12-14-25(23-20)17-7-3-2-4-8-17/h2-10,12,14,16H,11,13,15H2,1H3,(H,22,23). The summed E-state index contributed by atoms with van der Waals surface area (Å²) in [5, 5.41) is 8.17. The number of rotatable bonds is 4. The molecule has 1 amide bonds. The number of aromatic nitrogens is 2.